The number of nitrogens with zero attached hydrogens (tertiary/aromatic N) is 3. The van der Waals surface area contributed by atoms with Crippen molar-refractivity contribution >= 4 is 29.7 Å². The van der Waals surface area contributed by atoms with Gasteiger partial charge in [0.25, 0.3) is 0 Å². The normalized spacial score (nSPS) is 11.5. The van der Waals surface area contributed by atoms with Crippen molar-refractivity contribution in [3.8, 4) is 0 Å². The first-order chi connectivity index (χ1) is 20.3. The fourth-order valence-corrected chi connectivity index (χ4v) is 4.74. The Hall–Kier alpha value is -5.39. The maximum atomic E-state index is 14.5. The molecule has 0 aliphatic heterocycles. The molecule has 0 unspecified atom stereocenters. The Balaban J connectivity index is 1.62. The first-order valence-electron chi connectivity index (χ1n) is 13.6. The lowest BCUT2D eigenvalue weighted by Gasteiger charge is -2.33. The topological polar surface area (TPSA) is 205 Å². The summed E-state index contributed by atoms with van der Waals surface area (Å²) in [4.78, 5) is 32.9. The lowest BCUT2D eigenvalue weighted by atomic mass is 9.89. The van der Waals surface area contributed by atoms with E-state index in [1.807, 2.05) is 84.9 Å². The molecule has 0 fully saturated rings. The van der Waals surface area contributed by atoms with Crippen LogP contribution >= 0.6 is 0 Å². The standard InChI is InChI=1S/C30H36N10O2/c31-26(41)24(12-7-17-35-28(32)33)40(19-21-15-13-20(14-16-21)18-36-30-37-29(34)38-39-30)27(42)25(22-8-3-1-4-9-22)23-10-5-2-6-11-23/h1-6,8-11,13-16,24-25H,7,12,17-19H2,(H2,31,41)(H4,32,33,35)(H4,34,36,37,38,39)/t24-/m1/s1. The molecule has 0 spiro atoms. The molecule has 0 radical (unpaired) electrons. The number of primary amides is 1. The van der Waals surface area contributed by atoms with E-state index >= 15 is 0 Å². The molecule has 0 saturated heterocycles. The van der Waals surface area contributed by atoms with Crippen LogP contribution in [0.15, 0.2) is 84.9 Å². The van der Waals surface area contributed by atoms with E-state index in [1.54, 1.807) is 4.90 Å². The Morgan fingerprint density at radius 1 is 0.905 bits per heavy atom. The van der Waals surface area contributed by atoms with E-state index in [9.17, 15) is 9.59 Å². The molecule has 10 N–H and O–H groups in total. The molecule has 1 aromatic heterocycles. The van der Waals surface area contributed by atoms with Crippen molar-refractivity contribution in [2.24, 2.45) is 11.5 Å². The molecule has 1 atom stereocenters. The predicted octanol–water partition coefficient (Wildman–Crippen LogP) is 2.28. The largest absolute Gasteiger partial charge is 0.370 e. The minimum atomic E-state index is -0.876. The number of nitrogen functional groups attached to an aromatic ring is 1. The third-order valence-corrected chi connectivity index (χ3v) is 6.80. The summed E-state index contributed by atoms with van der Waals surface area (Å²) in [6.45, 7) is 1.02. The fraction of sp³-hybridized carbons (Fsp3) is 0.233. The molecule has 1 heterocycles. The highest BCUT2D eigenvalue weighted by atomic mass is 16.2. The number of aromatic nitrogens is 3. The van der Waals surface area contributed by atoms with E-state index in [0.29, 0.717) is 31.9 Å². The first kappa shape index (κ1) is 29.6. The van der Waals surface area contributed by atoms with Crippen LogP contribution in [-0.4, -0.2) is 50.4 Å². The molecule has 12 nitrogen and oxygen atoms in total. The quantitative estimate of drug-likeness (QED) is 0.0681. The second kappa shape index (κ2) is 14.3. The maximum Gasteiger partial charge on any atom is 0.243 e. The molecular formula is C30H36N10O2. The van der Waals surface area contributed by atoms with Crippen LogP contribution in [0.2, 0.25) is 0 Å². The second-order valence-corrected chi connectivity index (χ2v) is 9.84. The molecule has 0 aliphatic carbocycles. The number of carbonyl (C=O) groups is 2. The van der Waals surface area contributed by atoms with Crippen LogP contribution in [0.1, 0.15) is 41.0 Å². The van der Waals surface area contributed by atoms with Gasteiger partial charge in [0.15, 0.2) is 5.96 Å². The van der Waals surface area contributed by atoms with Gasteiger partial charge in [0.2, 0.25) is 23.7 Å². The summed E-state index contributed by atoms with van der Waals surface area (Å²) < 4.78 is 0. The van der Waals surface area contributed by atoms with E-state index in [4.69, 9.17) is 22.6 Å². The van der Waals surface area contributed by atoms with E-state index in [-0.39, 0.29) is 24.4 Å². The van der Waals surface area contributed by atoms with Crippen molar-refractivity contribution in [3.05, 3.63) is 107 Å². The number of amides is 2. The number of nitrogens with one attached hydrogen (secondary N) is 4. The third-order valence-electron chi connectivity index (χ3n) is 6.80. The molecule has 4 rings (SSSR count). The summed E-state index contributed by atoms with van der Waals surface area (Å²) in [6, 6.07) is 25.8. The minimum absolute atomic E-state index is 0.159. The minimum Gasteiger partial charge on any atom is -0.370 e. The number of hydrogen-bond donors (Lipinski definition) is 7. The Kier molecular flexibility index (Phi) is 10.1. The van der Waals surface area contributed by atoms with Gasteiger partial charge < -0.3 is 32.7 Å². The third kappa shape index (κ3) is 8.07. The van der Waals surface area contributed by atoms with E-state index in [2.05, 4.69) is 25.8 Å². The number of carbonyl (C=O) groups excluding carboxylic acids is 2. The van der Waals surface area contributed by atoms with Gasteiger partial charge in [-0.05, 0) is 35.1 Å². The summed E-state index contributed by atoms with van der Waals surface area (Å²) in [7, 11) is 0. The molecule has 2 amide bonds. The summed E-state index contributed by atoms with van der Waals surface area (Å²) in [5, 5.41) is 19.8. The number of guanidine groups is 1. The number of nitrogens with two attached hydrogens (primary N) is 3. The lowest BCUT2D eigenvalue weighted by molar-refractivity contribution is -0.141. The first-order valence-corrected chi connectivity index (χ1v) is 13.6. The summed E-state index contributed by atoms with van der Waals surface area (Å²) in [6.07, 6.45) is 0.786. The van der Waals surface area contributed by atoms with Crippen LogP contribution in [0, 0.1) is 5.41 Å². The number of anilines is 2. The Bertz CT molecular complexity index is 1420. The highest BCUT2D eigenvalue weighted by molar-refractivity contribution is 5.92. The molecule has 0 bridgehead atoms. The zero-order valence-electron chi connectivity index (χ0n) is 23.2. The van der Waals surface area contributed by atoms with Crippen LogP contribution in [0.3, 0.4) is 0 Å². The molecular weight excluding hydrogens is 532 g/mol. The lowest BCUT2D eigenvalue weighted by Crippen LogP contribution is -2.49. The molecule has 42 heavy (non-hydrogen) atoms. The van der Waals surface area contributed by atoms with Crippen molar-refractivity contribution in [3.63, 3.8) is 0 Å². The van der Waals surface area contributed by atoms with Gasteiger partial charge in [-0.3, -0.25) is 15.0 Å². The van der Waals surface area contributed by atoms with Crippen molar-refractivity contribution in [2.45, 2.75) is 37.9 Å². The summed E-state index contributed by atoms with van der Waals surface area (Å²) >= 11 is 0. The Labute approximate surface area is 244 Å². The summed E-state index contributed by atoms with van der Waals surface area (Å²) in [5.74, 6) is -1.01. The monoisotopic (exact) mass is 568 g/mol. The molecule has 4 aromatic rings. The van der Waals surface area contributed by atoms with E-state index in [0.717, 1.165) is 22.3 Å². The van der Waals surface area contributed by atoms with Crippen molar-refractivity contribution in [1.82, 2.24) is 25.4 Å². The number of benzene rings is 3. The van der Waals surface area contributed by atoms with Crippen LogP contribution < -0.4 is 27.8 Å². The van der Waals surface area contributed by atoms with Crippen LogP contribution in [0.4, 0.5) is 11.9 Å². The number of aromatic amines is 1. The van der Waals surface area contributed by atoms with E-state index in [1.165, 1.54) is 0 Å². The molecule has 3 aromatic carbocycles. The Morgan fingerprint density at radius 2 is 1.50 bits per heavy atom. The van der Waals surface area contributed by atoms with Gasteiger partial charge in [0, 0.05) is 19.6 Å². The number of rotatable bonds is 14. The molecule has 0 saturated carbocycles. The summed E-state index contributed by atoms with van der Waals surface area (Å²) in [5.41, 5.74) is 20.3. The molecule has 12 heteroatoms. The van der Waals surface area contributed by atoms with Gasteiger partial charge >= 0.3 is 0 Å². The predicted molar refractivity (Wildman–Crippen MR) is 162 cm³/mol. The number of hydrogen-bond acceptors (Lipinski definition) is 7. The van der Waals surface area contributed by atoms with Crippen molar-refractivity contribution in [1.29, 1.82) is 5.41 Å². The maximum absolute atomic E-state index is 14.5. The zero-order chi connectivity index (χ0) is 29.9. The van der Waals surface area contributed by atoms with Gasteiger partial charge in [-0.15, -0.1) is 5.10 Å². The van der Waals surface area contributed by atoms with Gasteiger partial charge in [0.05, 0.1) is 5.92 Å². The molecule has 218 valence electrons. The Morgan fingerprint density at radius 3 is 2.02 bits per heavy atom. The average molecular weight is 569 g/mol. The van der Waals surface area contributed by atoms with Gasteiger partial charge in [0.1, 0.15) is 6.04 Å². The van der Waals surface area contributed by atoms with Gasteiger partial charge in [-0.2, -0.15) is 4.98 Å². The van der Waals surface area contributed by atoms with Gasteiger partial charge in [-0.1, -0.05) is 84.9 Å². The van der Waals surface area contributed by atoms with E-state index < -0.39 is 17.9 Å². The number of H-pyrrole nitrogens is 1. The highest BCUT2D eigenvalue weighted by Gasteiger charge is 2.34. The van der Waals surface area contributed by atoms with Crippen molar-refractivity contribution in [2.75, 3.05) is 17.6 Å². The SMILES string of the molecule is N=C(N)NCCC[C@H](C(N)=O)N(Cc1ccc(CNc2n[nH]c(N)n2)cc1)C(=O)C(c1ccccc1)c1ccccc1. The van der Waals surface area contributed by atoms with Crippen molar-refractivity contribution < 1.29 is 9.59 Å². The van der Waals surface area contributed by atoms with Gasteiger partial charge in [-0.25, -0.2) is 5.10 Å². The highest BCUT2D eigenvalue weighted by Crippen LogP contribution is 2.29. The fourth-order valence-electron chi connectivity index (χ4n) is 4.74. The second-order valence-electron chi connectivity index (χ2n) is 9.84. The zero-order valence-corrected chi connectivity index (χ0v) is 23.2. The van der Waals surface area contributed by atoms with Crippen LogP contribution in [-0.2, 0) is 22.7 Å². The average Bonchev–Trinajstić information content (AvgIpc) is 3.41. The molecule has 0 aliphatic rings. The van der Waals surface area contributed by atoms with Crippen LogP contribution in [0.25, 0.3) is 0 Å². The van der Waals surface area contributed by atoms with Crippen LogP contribution in [0.5, 0.6) is 0 Å². The smallest absolute Gasteiger partial charge is 0.243 e.